The van der Waals surface area contributed by atoms with Crippen LogP contribution in [0.25, 0.3) is 12.2 Å². The van der Waals surface area contributed by atoms with Gasteiger partial charge in [0.1, 0.15) is 0 Å². The topological polar surface area (TPSA) is 70.5 Å². The molecule has 0 bridgehead atoms. The lowest BCUT2D eigenvalue weighted by atomic mass is 9.99. The Morgan fingerprint density at radius 3 is 2.83 bits per heavy atom. The lowest BCUT2D eigenvalue weighted by Crippen LogP contribution is -2.30. The van der Waals surface area contributed by atoms with Crippen LogP contribution in [0.2, 0.25) is 0 Å². The minimum absolute atomic E-state index is 0.135. The van der Waals surface area contributed by atoms with E-state index >= 15 is 0 Å². The lowest BCUT2D eigenvalue weighted by Gasteiger charge is -2.25. The van der Waals surface area contributed by atoms with E-state index in [9.17, 15) is 9.59 Å². The van der Waals surface area contributed by atoms with E-state index in [0.717, 1.165) is 23.2 Å². The highest BCUT2D eigenvalue weighted by molar-refractivity contribution is 5.96. The number of carbonyl (C=O) groups is 2. The number of nitrogens with zero attached hydrogens (tertiary/aromatic N) is 2. The largest absolute Gasteiger partial charge is 0.478 e. The SMILES string of the molecule is CN1C(=O)CCc2cc(/C=C/c3cc(C(=O)O)ccn3)ccc21. The van der Waals surface area contributed by atoms with Gasteiger partial charge in [0, 0.05) is 25.4 Å². The van der Waals surface area contributed by atoms with Gasteiger partial charge in [-0.15, -0.1) is 0 Å². The van der Waals surface area contributed by atoms with E-state index in [4.69, 9.17) is 5.11 Å². The number of aryl methyl sites for hydroxylation is 1. The third-order valence-electron chi connectivity index (χ3n) is 3.92. The zero-order chi connectivity index (χ0) is 16.4. The van der Waals surface area contributed by atoms with Gasteiger partial charge in [-0.2, -0.15) is 0 Å². The monoisotopic (exact) mass is 308 g/mol. The Morgan fingerprint density at radius 1 is 1.22 bits per heavy atom. The number of anilines is 1. The van der Waals surface area contributed by atoms with Crippen molar-refractivity contribution in [3.63, 3.8) is 0 Å². The number of aromatic carboxylic acids is 1. The van der Waals surface area contributed by atoms with Crippen LogP contribution < -0.4 is 4.90 Å². The molecule has 1 N–H and O–H groups in total. The van der Waals surface area contributed by atoms with Crippen molar-refractivity contribution in [2.24, 2.45) is 0 Å². The van der Waals surface area contributed by atoms with Crippen LogP contribution in [0.4, 0.5) is 5.69 Å². The molecule has 2 aromatic rings. The van der Waals surface area contributed by atoms with Gasteiger partial charge in [0.2, 0.25) is 5.91 Å². The molecule has 0 atom stereocenters. The number of benzene rings is 1. The van der Waals surface area contributed by atoms with Crippen LogP contribution in [0.1, 0.15) is 33.6 Å². The van der Waals surface area contributed by atoms with Gasteiger partial charge in [-0.3, -0.25) is 9.78 Å². The Balaban J connectivity index is 1.85. The minimum Gasteiger partial charge on any atom is -0.478 e. The smallest absolute Gasteiger partial charge is 0.335 e. The molecule has 0 unspecified atom stereocenters. The predicted molar refractivity (Wildman–Crippen MR) is 88.3 cm³/mol. The van der Waals surface area contributed by atoms with Crippen molar-refractivity contribution in [1.82, 2.24) is 4.98 Å². The first-order valence-corrected chi connectivity index (χ1v) is 7.31. The number of aromatic nitrogens is 1. The fraction of sp³-hybridized carbons (Fsp3) is 0.167. The molecular weight excluding hydrogens is 292 g/mol. The van der Waals surface area contributed by atoms with Gasteiger partial charge < -0.3 is 10.0 Å². The zero-order valence-corrected chi connectivity index (χ0v) is 12.7. The van der Waals surface area contributed by atoms with Crippen molar-refractivity contribution in [3.8, 4) is 0 Å². The maximum absolute atomic E-state index is 11.7. The summed E-state index contributed by atoms with van der Waals surface area (Å²) >= 11 is 0. The minimum atomic E-state index is -0.969. The van der Waals surface area contributed by atoms with E-state index in [1.807, 2.05) is 18.2 Å². The number of hydrogen-bond acceptors (Lipinski definition) is 3. The highest BCUT2D eigenvalue weighted by Crippen LogP contribution is 2.28. The van der Waals surface area contributed by atoms with Crippen molar-refractivity contribution in [3.05, 3.63) is 58.9 Å². The van der Waals surface area contributed by atoms with E-state index < -0.39 is 5.97 Å². The number of rotatable bonds is 3. The first-order chi connectivity index (χ1) is 11.0. The molecule has 1 aromatic heterocycles. The zero-order valence-electron chi connectivity index (χ0n) is 12.7. The molecule has 0 saturated carbocycles. The molecule has 0 aliphatic carbocycles. The average Bonchev–Trinajstić information content (AvgIpc) is 2.56. The molecule has 1 aliphatic rings. The van der Waals surface area contributed by atoms with Crippen LogP contribution in [0.3, 0.4) is 0 Å². The van der Waals surface area contributed by atoms with Crippen LogP contribution >= 0.6 is 0 Å². The molecule has 0 fully saturated rings. The van der Waals surface area contributed by atoms with Crippen LogP contribution in [-0.4, -0.2) is 29.0 Å². The highest BCUT2D eigenvalue weighted by atomic mass is 16.4. The molecule has 3 rings (SSSR count). The summed E-state index contributed by atoms with van der Waals surface area (Å²) < 4.78 is 0. The maximum Gasteiger partial charge on any atom is 0.335 e. The summed E-state index contributed by atoms with van der Waals surface area (Å²) in [5.74, 6) is -0.834. The Morgan fingerprint density at radius 2 is 2.04 bits per heavy atom. The molecule has 1 amide bonds. The third-order valence-corrected chi connectivity index (χ3v) is 3.92. The van der Waals surface area contributed by atoms with E-state index in [1.165, 1.54) is 18.3 Å². The van der Waals surface area contributed by atoms with Crippen molar-refractivity contribution in [1.29, 1.82) is 0 Å². The fourth-order valence-electron chi connectivity index (χ4n) is 2.63. The Kier molecular flexibility index (Phi) is 3.93. The Bertz CT molecular complexity index is 812. The third kappa shape index (κ3) is 3.13. The number of amides is 1. The second-order valence-corrected chi connectivity index (χ2v) is 5.45. The lowest BCUT2D eigenvalue weighted by molar-refractivity contribution is -0.118. The van der Waals surface area contributed by atoms with Crippen LogP contribution in [0, 0.1) is 0 Å². The summed E-state index contributed by atoms with van der Waals surface area (Å²) in [4.78, 5) is 28.5. The number of hydrogen-bond donors (Lipinski definition) is 1. The Hall–Kier alpha value is -2.95. The van der Waals surface area contributed by atoms with Gasteiger partial charge in [0.05, 0.1) is 11.3 Å². The molecule has 0 radical (unpaired) electrons. The first kappa shape index (κ1) is 15.0. The van der Waals surface area contributed by atoms with Crippen LogP contribution in [-0.2, 0) is 11.2 Å². The highest BCUT2D eigenvalue weighted by Gasteiger charge is 2.20. The summed E-state index contributed by atoms with van der Waals surface area (Å²) in [6, 6.07) is 8.92. The van der Waals surface area contributed by atoms with Gasteiger partial charge in [-0.25, -0.2) is 4.79 Å². The number of carboxylic acid groups (broad SMARTS) is 1. The summed E-state index contributed by atoms with van der Waals surface area (Å²) in [5, 5.41) is 8.99. The average molecular weight is 308 g/mol. The van der Waals surface area contributed by atoms with E-state index in [2.05, 4.69) is 11.1 Å². The van der Waals surface area contributed by atoms with Gasteiger partial charge >= 0.3 is 5.97 Å². The van der Waals surface area contributed by atoms with E-state index in [1.54, 1.807) is 18.0 Å². The number of carboxylic acids is 1. The fourth-order valence-corrected chi connectivity index (χ4v) is 2.63. The number of fused-ring (bicyclic) bond motifs is 1. The van der Waals surface area contributed by atoms with Crippen molar-refractivity contribution < 1.29 is 14.7 Å². The predicted octanol–water partition coefficient (Wildman–Crippen LogP) is 2.86. The summed E-state index contributed by atoms with van der Waals surface area (Å²) in [5.41, 5.74) is 3.89. The summed E-state index contributed by atoms with van der Waals surface area (Å²) in [6.07, 6.45) is 6.43. The number of pyridine rings is 1. The Labute approximate surface area is 133 Å². The molecule has 0 saturated heterocycles. The molecule has 0 spiro atoms. The normalized spacial score (nSPS) is 14.1. The summed E-state index contributed by atoms with van der Waals surface area (Å²) in [7, 11) is 1.79. The first-order valence-electron chi connectivity index (χ1n) is 7.31. The molecule has 5 nitrogen and oxygen atoms in total. The van der Waals surface area contributed by atoms with Crippen molar-refractivity contribution in [2.45, 2.75) is 12.8 Å². The number of carbonyl (C=O) groups excluding carboxylic acids is 1. The molecule has 116 valence electrons. The van der Waals surface area contributed by atoms with Crippen LogP contribution in [0.5, 0.6) is 0 Å². The van der Waals surface area contributed by atoms with Crippen molar-refractivity contribution >= 4 is 29.7 Å². The van der Waals surface area contributed by atoms with E-state index in [-0.39, 0.29) is 11.5 Å². The van der Waals surface area contributed by atoms with Crippen LogP contribution in [0.15, 0.2) is 36.5 Å². The molecule has 23 heavy (non-hydrogen) atoms. The molecule has 2 heterocycles. The molecule has 1 aliphatic heterocycles. The van der Waals surface area contributed by atoms with Gasteiger partial charge in [0.15, 0.2) is 0 Å². The standard InChI is InChI=1S/C18H16N2O3/c1-20-16-6-3-12(10-13(16)4-7-17(20)21)2-5-15-11-14(18(22)23)8-9-19-15/h2-3,5-6,8-11H,4,7H2,1H3,(H,22,23)/b5-2+. The summed E-state index contributed by atoms with van der Waals surface area (Å²) in [6.45, 7) is 0. The van der Waals surface area contributed by atoms with Crippen molar-refractivity contribution in [2.75, 3.05) is 11.9 Å². The second-order valence-electron chi connectivity index (χ2n) is 5.45. The van der Waals surface area contributed by atoms with Gasteiger partial charge in [-0.05, 0) is 47.9 Å². The molecule has 5 heteroatoms. The quantitative estimate of drug-likeness (QED) is 0.946. The van der Waals surface area contributed by atoms with E-state index in [0.29, 0.717) is 12.1 Å². The molecule has 1 aromatic carbocycles. The van der Waals surface area contributed by atoms with Gasteiger partial charge in [-0.1, -0.05) is 12.1 Å². The second kappa shape index (κ2) is 6.04. The molecular formula is C18H16N2O3. The van der Waals surface area contributed by atoms with Gasteiger partial charge in [0.25, 0.3) is 0 Å². The maximum atomic E-state index is 11.7.